The van der Waals surface area contributed by atoms with Crippen molar-refractivity contribution in [2.24, 2.45) is 5.41 Å². The number of halogens is 3. The summed E-state index contributed by atoms with van der Waals surface area (Å²) >= 11 is 0. The van der Waals surface area contributed by atoms with Crippen molar-refractivity contribution >= 4 is 23.6 Å². The molecule has 0 saturated carbocycles. The highest BCUT2D eigenvalue weighted by Crippen LogP contribution is 2.28. The summed E-state index contributed by atoms with van der Waals surface area (Å²) in [5.74, 6) is -1.87. The molecule has 0 radical (unpaired) electrons. The number of anilines is 1. The lowest BCUT2D eigenvalue weighted by molar-refractivity contribution is -0.274. The van der Waals surface area contributed by atoms with Crippen molar-refractivity contribution in [3.05, 3.63) is 59.7 Å². The number of ether oxygens (including phenoxy) is 3. The number of carbonyl (C=O) groups is 3. The smallest absolute Gasteiger partial charge is 0.481 e. The van der Waals surface area contributed by atoms with Crippen molar-refractivity contribution in [2.45, 2.75) is 52.4 Å². The lowest BCUT2D eigenvalue weighted by atomic mass is 9.95. The van der Waals surface area contributed by atoms with Crippen molar-refractivity contribution in [2.75, 3.05) is 25.1 Å². The maximum atomic E-state index is 13.3. The van der Waals surface area contributed by atoms with Gasteiger partial charge in [0.2, 0.25) is 0 Å². The Kier molecular flexibility index (Phi) is 9.98. The van der Waals surface area contributed by atoms with E-state index in [0.717, 1.165) is 12.1 Å². The summed E-state index contributed by atoms with van der Waals surface area (Å²) in [5, 5.41) is 13.9. The van der Waals surface area contributed by atoms with Gasteiger partial charge in [0.25, 0.3) is 5.91 Å². The first-order chi connectivity index (χ1) is 18.7. The molecule has 3 amide bonds. The largest absolute Gasteiger partial charge is 0.573 e. The molecule has 1 aliphatic rings. The molecule has 2 aromatic rings. The third kappa shape index (κ3) is 9.42. The number of aliphatic carboxylic acids is 1. The number of benzene rings is 2. The molecule has 13 heteroatoms. The van der Waals surface area contributed by atoms with Gasteiger partial charge in [-0.3, -0.25) is 9.59 Å². The first-order valence-electron chi connectivity index (χ1n) is 12.5. The molecule has 0 unspecified atom stereocenters. The van der Waals surface area contributed by atoms with Crippen molar-refractivity contribution in [3.63, 3.8) is 0 Å². The Morgan fingerprint density at radius 3 is 2.12 bits per heavy atom. The van der Waals surface area contributed by atoms with Crippen LogP contribution in [0.3, 0.4) is 0 Å². The zero-order valence-corrected chi connectivity index (χ0v) is 22.3. The molecule has 0 atom stereocenters. The van der Waals surface area contributed by atoms with Crippen molar-refractivity contribution < 1.29 is 46.9 Å². The van der Waals surface area contributed by atoms with Crippen LogP contribution >= 0.6 is 0 Å². The van der Waals surface area contributed by atoms with E-state index in [-0.39, 0.29) is 43.8 Å². The van der Waals surface area contributed by atoms with Crippen molar-refractivity contribution in [3.8, 4) is 5.75 Å². The van der Waals surface area contributed by atoms with E-state index in [0.29, 0.717) is 11.1 Å². The maximum Gasteiger partial charge on any atom is 0.573 e. The van der Waals surface area contributed by atoms with E-state index in [1.54, 1.807) is 24.3 Å². The van der Waals surface area contributed by atoms with Crippen LogP contribution in [-0.2, 0) is 20.8 Å². The van der Waals surface area contributed by atoms with Crippen LogP contribution < -0.4 is 15.4 Å². The van der Waals surface area contributed by atoms with Crippen LogP contribution in [0.4, 0.5) is 23.7 Å². The number of hydrogen-bond donors (Lipinski definition) is 3. The van der Waals surface area contributed by atoms with Crippen LogP contribution in [0.1, 0.15) is 43.1 Å². The summed E-state index contributed by atoms with van der Waals surface area (Å²) in [5.41, 5.74) is 0.981. The summed E-state index contributed by atoms with van der Waals surface area (Å²) in [6.07, 6.45) is -5.50. The summed E-state index contributed by atoms with van der Waals surface area (Å²) < 4.78 is 53.0. The van der Waals surface area contributed by atoms with E-state index in [4.69, 9.17) is 14.6 Å². The van der Waals surface area contributed by atoms with Gasteiger partial charge in [-0.05, 0) is 42.0 Å². The molecule has 0 spiro atoms. The standard InChI is InChI=1S/C27H32F3N3O7/c1-26(2,3)24-38-15-20(16-39-24)33(25(37)32-19-8-10-21(11-9-19)40-27(28,29)30)14-17-4-6-18(7-5-17)23(36)31-13-12-22(34)35/h4-11,20,24H,12-16H2,1-3H3,(H,31,36)(H,32,37)(H,34,35). The molecular weight excluding hydrogens is 535 g/mol. The molecule has 2 aromatic carbocycles. The monoisotopic (exact) mass is 567 g/mol. The number of nitrogens with one attached hydrogen (secondary N) is 2. The first-order valence-corrected chi connectivity index (χ1v) is 12.5. The zero-order valence-electron chi connectivity index (χ0n) is 22.3. The highest BCUT2D eigenvalue weighted by Gasteiger charge is 2.35. The third-order valence-corrected chi connectivity index (χ3v) is 5.82. The van der Waals surface area contributed by atoms with Crippen LogP contribution in [0.25, 0.3) is 0 Å². The van der Waals surface area contributed by atoms with Gasteiger partial charge in [0.15, 0.2) is 6.29 Å². The van der Waals surface area contributed by atoms with E-state index < -0.39 is 42.4 Å². The lowest BCUT2D eigenvalue weighted by Crippen LogP contribution is -2.52. The second-order valence-corrected chi connectivity index (χ2v) is 10.2. The second kappa shape index (κ2) is 13.0. The minimum atomic E-state index is -4.83. The zero-order chi connectivity index (χ0) is 29.5. The van der Waals surface area contributed by atoms with Crippen molar-refractivity contribution in [1.29, 1.82) is 0 Å². The summed E-state index contributed by atoms with van der Waals surface area (Å²) in [6.45, 7) is 6.38. The molecule has 1 aliphatic heterocycles. The van der Waals surface area contributed by atoms with E-state index in [9.17, 15) is 27.6 Å². The lowest BCUT2D eigenvalue weighted by Gasteiger charge is -2.40. The average Bonchev–Trinajstić information content (AvgIpc) is 2.87. The fourth-order valence-electron chi connectivity index (χ4n) is 3.82. The average molecular weight is 568 g/mol. The van der Waals surface area contributed by atoms with Gasteiger partial charge in [-0.25, -0.2) is 4.79 Å². The quantitative estimate of drug-likeness (QED) is 0.404. The molecule has 0 aromatic heterocycles. The number of nitrogens with zero attached hydrogens (tertiary/aromatic N) is 1. The van der Waals surface area contributed by atoms with Crippen LogP contribution in [0.15, 0.2) is 48.5 Å². The van der Waals surface area contributed by atoms with Crippen LogP contribution in [0, 0.1) is 5.41 Å². The second-order valence-electron chi connectivity index (χ2n) is 10.2. The summed E-state index contributed by atoms with van der Waals surface area (Å²) in [7, 11) is 0. The highest BCUT2D eigenvalue weighted by molar-refractivity contribution is 5.94. The molecule has 10 nitrogen and oxygen atoms in total. The van der Waals surface area contributed by atoms with Gasteiger partial charge in [-0.15, -0.1) is 13.2 Å². The van der Waals surface area contributed by atoms with Gasteiger partial charge in [0.1, 0.15) is 5.75 Å². The molecule has 1 fully saturated rings. The topological polar surface area (TPSA) is 126 Å². The van der Waals surface area contributed by atoms with Crippen LogP contribution in [-0.4, -0.2) is 66.4 Å². The predicted molar refractivity (Wildman–Crippen MR) is 138 cm³/mol. The van der Waals surface area contributed by atoms with Crippen molar-refractivity contribution in [1.82, 2.24) is 10.2 Å². The van der Waals surface area contributed by atoms with Crippen LogP contribution in [0.5, 0.6) is 5.75 Å². The Morgan fingerprint density at radius 1 is 1.00 bits per heavy atom. The maximum absolute atomic E-state index is 13.3. The predicted octanol–water partition coefficient (Wildman–Crippen LogP) is 4.61. The SMILES string of the molecule is CC(C)(C)C1OCC(N(Cc2ccc(C(=O)NCCC(=O)O)cc2)C(=O)Nc2ccc(OC(F)(F)F)cc2)CO1. The Hall–Kier alpha value is -3.84. The molecule has 3 N–H and O–H groups in total. The Labute approximate surface area is 229 Å². The first kappa shape index (κ1) is 30.7. The fraction of sp³-hybridized carbons (Fsp3) is 0.444. The minimum Gasteiger partial charge on any atom is -0.481 e. The number of amides is 3. The Balaban J connectivity index is 1.72. The van der Waals surface area contributed by atoms with E-state index in [2.05, 4.69) is 15.4 Å². The van der Waals surface area contributed by atoms with Gasteiger partial charge in [0.05, 0.1) is 25.7 Å². The van der Waals surface area contributed by atoms with Crippen LogP contribution in [0.2, 0.25) is 0 Å². The van der Waals surface area contributed by atoms with Gasteiger partial charge < -0.3 is 34.9 Å². The highest BCUT2D eigenvalue weighted by atomic mass is 19.4. The number of rotatable bonds is 9. The van der Waals surface area contributed by atoms with E-state index >= 15 is 0 Å². The normalized spacial score (nSPS) is 17.6. The fourth-order valence-corrected chi connectivity index (χ4v) is 3.82. The number of urea groups is 1. The molecular formula is C27H32F3N3O7. The molecule has 40 heavy (non-hydrogen) atoms. The number of carboxylic acids is 1. The third-order valence-electron chi connectivity index (χ3n) is 5.82. The Morgan fingerprint density at radius 2 is 1.60 bits per heavy atom. The molecule has 3 rings (SSSR count). The van der Waals surface area contributed by atoms with E-state index in [1.165, 1.54) is 17.0 Å². The molecule has 0 bridgehead atoms. The number of carbonyl (C=O) groups excluding carboxylic acids is 2. The van der Waals surface area contributed by atoms with Gasteiger partial charge in [-0.2, -0.15) is 0 Å². The molecule has 1 heterocycles. The number of carboxylic acid groups (broad SMARTS) is 1. The molecule has 1 saturated heterocycles. The minimum absolute atomic E-state index is 0.00951. The van der Waals surface area contributed by atoms with E-state index in [1.807, 2.05) is 20.8 Å². The number of hydrogen-bond acceptors (Lipinski definition) is 6. The van der Waals surface area contributed by atoms with Gasteiger partial charge in [-0.1, -0.05) is 32.9 Å². The number of alkyl halides is 3. The Bertz CT molecular complexity index is 1160. The molecule has 0 aliphatic carbocycles. The summed E-state index contributed by atoms with van der Waals surface area (Å²) in [4.78, 5) is 37.7. The van der Waals surface area contributed by atoms with Gasteiger partial charge >= 0.3 is 18.4 Å². The van der Waals surface area contributed by atoms with Gasteiger partial charge in [0, 0.05) is 29.8 Å². The summed E-state index contributed by atoms with van der Waals surface area (Å²) in [6, 6.07) is 10.2. The molecule has 218 valence electrons.